The normalized spacial score (nSPS) is 22.0. The van der Waals surface area contributed by atoms with Crippen LogP contribution in [0.15, 0.2) is 18.2 Å². The van der Waals surface area contributed by atoms with Gasteiger partial charge in [0.05, 0.1) is 24.5 Å². The highest BCUT2D eigenvalue weighted by Crippen LogP contribution is 2.30. The van der Waals surface area contributed by atoms with E-state index in [2.05, 4.69) is 10.0 Å². The van der Waals surface area contributed by atoms with Crippen molar-refractivity contribution in [3.8, 4) is 5.75 Å². The van der Waals surface area contributed by atoms with Crippen LogP contribution < -0.4 is 14.8 Å². The number of nitrogens with one attached hydrogen (secondary N) is 2. The van der Waals surface area contributed by atoms with Crippen LogP contribution in [-0.2, 0) is 10.0 Å². The number of carbonyl (C=O) groups is 1. The van der Waals surface area contributed by atoms with E-state index in [1.165, 1.54) is 6.07 Å². The van der Waals surface area contributed by atoms with E-state index in [0.717, 1.165) is 6.26 Å². The predicted molar refractivity (Wildman–Crippen MR) is 100.0 cm³/mol. The molecule has 2 rings (SSSR count). The van der Waals surface area contributed by atoms with Crippen molar-refractivity contribution in [2.24, 2.45) is 5.92 Å². The molecule has 0 aliphatic carbocycles. The summed E-state index contributed by atoms with van der Waals surface area (Å²) < 4.78 is 31.4. The summed E-state index contributed by atoms with van der Waals surface area (Å²) >= 11 is 0. The Morgan fingerprint density at radius 1 is 1.42 bits per heavy atom. The molecule has 0 aromatic heterocycles. The Labute approximate surface area is 154 Å². The summed E-state index contributed by atoms with van der Waals surface area (Å²) in [5, 5.41) is 12.6. The maximum Gasteiger partial charge on any atom is 0.258 e. The molecule has 1 heterocycles. The molecule has 1 amide bonds. The minimum Gasteiger partial charge on any atom is -0.488 e. The van der Waals surface area contributed by atoms with Crippen LogP contribution >= 0.6 is 0 Å². The lowest BCUT2D eigenvalue weighted by atomic mass is 9.99. The van der Waals surface area contributed by atoms with Gasteiger partial charge in [0.2, 0.25) is 10.0 Å². The number of anilines is 1. The lowest BCUT2D eigenvalue weighted by Gasteiger charge is -2.37. The van der Waals surface area contributed by atoms with Gasteiger partial charge in [-0.25, -0.2) is 8.42 Å². The fourth-order valence-electron chi connectivity index (χ4n) is 2.94. The van der Waals surface area contributed by atoms with Crippen LogP contribution in [0.4, 0.5) is 5.69 Å². The molecule has 9 heteroatoms. The van der Waals surface area contributed by atoms with E-state index in [4.69, 9.17) is 4.74 Å². The summed E-state index contributed by atoms with van der Waals surface area (Å²) in [5.74, 6) is 0.145. The van der Waals surface area contributed by atoms with Crippen molar-refractivity contribution < 1.29 is 23.1 Å². The molecule has 0 saturated carbocycles. The zero-order chi connectivity index (χ0) is 19.5. The highest BCUT2D eigenvalue weighted by molar-refractivity contribution is 7.92. The summed E-state index contributed by atoms with van der Waals surface area (Å²) in [7, 11) is -1.64. The molecule has 0 fully saturated rings. The number of nitrogens with zero attached hydrogens (tertiary/aromatic N) is 1. The van der Waals surface area contributed by atoms with Gasteiger partial charge in [0.1, 0.15) is 11.9 Å². The van der Waals surface area contributed by atoms with Gasteiger partial charge in [-0.3, -0.25) is 9.52 Å². The van der Waals surface area contributed by atoms with Crippen LogP contribution in [0.25, 0.3) is 0 Å². The molecule has 8 nitrogen and oxygen atoms in total. The van der Waals surface area contributed by atoms with Crippen LogP contribution in [0.5, 0.6) is 5.75 Å². The molecule has 1 aromatic rings. The number of aliphatic hydroxyl groups is 1. The molecule has 0 spiro atoms. The first kappa shape index (κ1) is 20.5. The van der Waals surface area contributed by atoms with Gasteiger partial charge >= 0.3 is 0 Å². The number of aliphatic hydroxyl groups excluding tert-OH is 1. The van der Waals surface area contributed by atoms with Crippen LogP contribution in [0, 0.1) is 5.92 Å². The van der Waals surface area contributed by atoms with Crippen molar-refractivity contribution >= 4 is 21.6 Å². The molecule has 26 heavy (non-hydrogen) atoms. The van der Waals surface area contributed by atoms with Crippen LogP contribution in [0.2, 0.25) is 0 Å². The molecular weight excluding hydrogens is 358 g/mol. The summed E-state index contributed by atoms with van der Waals surface area (Å²) in [6.45, 7) is 4.64. The summed E-state index contributed by atoms with van der Waals surface area (Å²) in [6, 6.07) is 4.28. The maximum atomic E-state index is 13.1. The number of sulfonamides is 1. The first-order valence-electron chi connectivity index (χ1n) is 8.51. The Hall–Kier alpha value is -1.84. The van der Waals surface area contributed by atoms with E-state index in [0.29, 0.717) is 24.5 Å². The van der Waals surface area contributed by atoms with Gasteiger partial charge in [-0.05, 0) is 32.2 Å². The first-order valence-corrected chi connectivity index (χ1v) is 10.4. The third-order valence-corrected chi connectivity index (χ3v) is 4.98. The Kier molecular flexibility index (Phi) is 6.48. The van der Waals surface area contributed by atoms with E-state index in [9.17, 15) is 18.3 Å². The largest absolute Gasteiger partial charge is 0.488 e. The summed E-state index contributed by atoms with van der Waals surface area (Å²) in [5.41, 5.74) is 0.561. The molecule has 0 unspecified atom stereocenters. The zero-order valence-corrected chi connectivity index (χ0v) is 16.3. The van der Waals surface area contributed by atoms with Gasteiger partial charge < -0.3 is 20.1 Å². The minimum atomic E-state index is -3.47. The Bertz CT molecular complexity index is 753. The molecule has 3 atom stereocenters. The molecule has 0 saturated heterocycles. The van der Waals surface area contributed by atoms with Gasteiger partial charge in [-0.1, -0.05) is 6.92 Å². The molecule has 1 aromatic carbocycles. The number of hydrogen-bond donors (Lipinski definition) is 3. The second kappa shape index (κ2) is 8.24. The number of benzene rings is 1. The standard InChI is InChI=1S/C17H27N3O5S/c1-11-9-20(12(2)10-21)17(22)14-7-13(19-26(4,23)24)5-6-15(14)25-16(11)8-18-3/h5-7,11-12,16,18-19,21H,8-10H2,1-4H3/t11-,12+,16+/m1/s1. The fraction of sp³-hybridized carbons (Fsp3) is 0.588. The second-order valence-electron chi connectivity index (χ2n) is 6.77. The molecular formula is C17H27N3O5S. The monoisotopic (exact) mass is 385 g/mol. The lowest BCUT2D eigenvalue weighted by Crippen LogP contribution is -2.49. The molecule has 1 aliphatic heterocycles. The van der Waals surface area contributed by atoms with Crippen molar-refractivity contribution in [3.63, 3.8) is 0 Å². The Balaban J connectivity index is 2.50. The van der Waals surface area contributed by atoms with Crippen molar-refractivity contribution in [2.45, 2.75) is 26.0 Å². The van der Waals surface area contributed by atoms with Crippen LogP contribution in [0.3, 0.4) is 0 Å². The maximum absolute atomic E-state index is 13.1. The number of amides is 1. The molecule has 146 valence electrons. The van der Waals surface area contributed by atoms with Gasteiger partial charge in [-0.15, -0.1) is 0 Å². The smallest absolute Gasteiger partial charge is 0.258 e. The van der Waals surface area contributed by atoms with E-state index in [1.54, 1.807) is 24.0 Å². The van der Waals surface area contributed by atoms with Crippen molar-refractivity contribution in [1.29, 1.82) is 0 Å². The van der Waals surface area contributed by atoms with E-state index in [1.807, 2.05) is 14.0 Å². The van der Waals surface area contributed by atoms with Crippen molar-refractivity contribution in [2.75, 3.05) is 37.7 Å². The number of rotatable bonds is 6. The van der Waals surface area contributed by atoms with Gasteiger partial charge in [0, 0.05) is 24.7 Å². The average molecular weight is 385 g/mol. The molecule has 3 N–H and O–H groups in total. The number of carbonyl (C=O) groups excluding carboxylic acids is 1. The van der Waals surface area contributed by atoms with E-state index in [-0.39, 0.29) is 36.1 Å². The number of likely N-dealkylation sites (N-methyl/N-ethyl adjacent to an activating group) is 1. The Morgan fingerprint density at radius 3 is 2.69 bits per heavy atom. The van der Waals surface area contributed by atoms with Crippen molar-refractivity contribution in [3.05, 3.63) is 23.8 Å². The summed E-state index contributed by atoms with van der Waals surface area (Å²) in [6.07, 6.45) is 0.876. The zero-order valence-electron chi connectivity index (χ0n) is 15.5. The topological polar surface area (TPSA) is 108 Å². The third-order valence-electron chi connectivity index (χ3n) is 4.37. The quantitative estimate of drug-likeness (QED) is 0.658. The van der Waals surface area contributed by atoms with E-state index < -0.39 is 10.0 Å². The first-order chi connectivity index (χ1) is 12.2. The second-order valence-corrected chi connectivity index (χ2v) is 8.51. The Morgan fingerprint density at radius 2 is 2.12 bits per heavy atom. The molecule has 0 radical (unpaired) electrons. The van der Waals surface area contributed by atoms with Gasteiger partial charge in [0.15, 0.2) is 0 Å². The van der Waals surface area contributed by atoms with Crippen LogP contribution in [0.1, 0.15) is 24.2 Å². The van der Waals surface area contributed by atoms with Gasteiger partial charge in [-0.2, -0.15) is 0 Å². The SMILES string of the molecule is CNC[C@@H]1Oc2ccc(NS(C)(=O)=O)cc2C(=O)N([C@@H](C)CO)C[C@H]1C. The average Bonchev–Trinajstić information content (AvgIpc) is 2.56. The number of ether oxygens (including phenoxy) is 1. The molecule has 1 aliphatic rings. The van der Waals surface area contributed by atoms with Crippen LogP contribution in [-0.4, -0.2) is 69.5 Å². The predicted octanol–water partition coefficient (Wildman–Crippen LogP) is 0.498. The minimum absolute atomic E-state index is 0.0439. The third kappa shape index (κ3) is 4.87. The fourth-order valence-corrected chi connectivity index (χ4v) is 3.50. The van der Waals surface area contributed by atoms with Crippen molar-refractivity contribution in [1.82, 2.24) is 10.2 Å². The number of fused-ring (bicyclic) bond motifs is 1. The summed E-state index contributed by atoms with van der Waals surface area (Å²) in [4.78, 5) is 14.7. The molecule has 0 bridgehead atoms. The highest BCUT2D eigenvalue weighted by atomic mass is 32.2. The number of hydrogen-bond acceptors (Lipinski definition) is 6. The van der Waals surface area contributed by atoms with E-state index >= 15 is 0 Å². The highest BCUT2D eigenvalue weighted by Gasteiger charge is 2.32. The lowest BCUT2D eigenvalue weighted by molar-refractivity contribution is 0.0416. The van der Waals surface area contributed by atoms with Gasteiger partial charge in [0.25, 0.3) is 5.91 Å².